The van der Waals surface area contributed by atoms with E-state index in [9.17, 15) is 14.4 Å². The molecule has 1 amide bonds. The number of anilines is 1. The van der Waals surface area contributed by atoms with Crippen molar-refractivity contribution < 1.29 is 18.8 Å². The number of benzene rings is 2. The maximum absolute atomic E-state index is 13.0. The molecule has 2 heterocycles. The van der Waals surface area contributed by atoms with Crippen molar-refractivity contribution >= 4 is 29.2 Å². The number of rotatable bonds is 7. The summed E-state index contributed by atoms with van der Waals surface area (Å²) < 4.78 is 11.5. The van der Waals surface area contributed by atoms with E-state index in [4.69, 9.17) is 20.9 Å². The Balaban J connectivity index is 1.54. The number of carbonyl (C=O) groups is 2. The lowest BCUT2D eigenvalue weighted by atomic mass is 10.2. The van der Waals surface area contributed by atoms with Gasteiger partial charge in [0.05, 0.1) is 17.9 Å². The number of nitrogens with one attached hydrogen (secondary N) is 1. The summed E-state index contributed by atoms with van der Waals surface area (Å²) in [5.41, 5.74) is 0.854. The Morgan fingerprint density at radius 2 is 1.85 bits per heavy atom. The minimum Gasteiger partial charge on any atom is -0.462 e. The zero-order valence-corrected chi connectivity index (χ0v) is 18.8. The quantitative estimate of drug-likeness (QED) is 0.398. The van der Waals surface area contributed by atoms with Crippen molar-refractivity contribution in [3.05, 3.63) is 87.8 Å². The third-order valence-electron chi connectivity index (χ3n) is 4.79. The van der Waals surface area contributed by atoms with Gasteiger partial charge in [0.25, 0.3) is 11.4 Å². The van der Waals surface area contributed by atoms with E-state index in [0.29, 0.717) is 22.1 Å². The molecule has 1 N–H and O–H groups in total. The number of hydrogen-bond acceptors (Lipinski definition) is 7. The van der Waals surface area contributed by atoms with Crippen molar-refractivity contribution in [1.29, 1.82) is 0 Å². The van der Waals surface area contributed by atoms with Gasteiger partial charge >= 0.3 is 5.97 Å². The fourth-order valence-electron chi connectivity index (χ4n) is 3.20. The number of nitrogens with zero attached hydrogens (tertiary/aromatic N) is 3. The van der Waals surface area contributed by atoms with E-state index in [-0.39, 0.29) is 30.2 Å². The standard InChI is InChI=1S/C24H19ClN4O5/c1-2-33-24(32)17-6-3-4-8-19(17)26-20(30)14-29-13-5-7-18(23(29)31)22-27-21(28-34-22)15-9-11-16(25)12-10-15/h3-13H,2,14H2,1H3,(H,26,30). The highest BCUT2D eigenvalue weighted by Gasteiger charge is 2.17. The Labute approximate surface area is 198 Å². The van der Waals surface area contributed by atoms with Crippen molar-refractivity contribution in [2.24, 2.45) is 0 Å². The van der Waals surface area contributed by atoms with Crippen LogP contribution in [0.15, 0.2) is 76.2 Å². The first kappa shape index (κ1) is 22.9. The zero-order valence-electron chi connectivity index (χ0n) is 18.0. The lowest BCUT2D eigenvalue weighted by Crippen LogP contribution is -2.28. The number of para-hydroxylation sites is 1. The molecule has 34 heavy (non-hydrogen) atoms. The van der Waals surface area contributed by atoms with Gasteiger partial charge in [0.2, 0.25) is 11.7 Å². The highest BCUT2D eigenvalue weighted by Crippen LogP contribution is 2.22. The summed E-state index contributed by atoms with van der Waals surface area (Å²) in [6, 6.07) is 16.5. The first-order chi connectivity index (χ1) is 16.5. The predicted octanol–water partition coefficient (Wildman–Crippen LogP) is 4.03. The maximum atomic E-state index is 13.0. The van der Waals surface area contributed by atoms with E-state index < -0.39 is 17.4 Å². The third-order valence-corrected chi connectivity index (χ3v) is 5.04. The smallest absolute Gasteiger partial charge is 0.340 e. The highest BCUT2D eigenvalue weighted by atomic mass is 35.5. The van der Waals surface area contributed by atoms with Crippen molar-refractivity contribution in [2.45, 2.75) is 13.5 Å². The molecule has 0 saturated carbocycles. The molecule has 4 aromatic rings. The normalized spacial score (nSPS) is 10.6. The number of pyridine rings is 1. The van der Waals surface area contributed by atoms with Gasteiger partial charge < -0.3 is 19.1 Å². The molecular weight excluding hydrogens is 460 g/mol. The summed E-state index contributed by atoms with van der Waals surface area (Å²) in [5.74, 6) is -0.721. The topological polar surface area (TPSA) is 116 Å². The Morgan fingerprint density at radius 1 is 1.09 bits per heavy atom. The van der Waals surface area contributed by atoms with Crippen LogP contribution in [0.25, 0.3) is 22.8 Å². The first-order valence-electron chi connectivity index (χ1n) is 10.3. The zero-order chi connectivity index (χ0) is 24.1. The number of halogens is 1. The molecule has 0 saturated heterocycles. The molecule has 0 aliphatic rings. The molecule has 0 unspecified atom stereocenters. The van der Waals surface area contributed by atoms with Crippen LogP contribution < -0.4 is 10.9 Å². The number of aromatic nitrogens is 3. The Bertz CT molecular complexity index is 1400. The number of esters is 1. The summed E-state index contributed by atoms with van der Waals surface area (Å²) >= 11 is 5.91. The molecule has 0 bridgehead atoms. The van der Waals surface area contributed by atoms with Crippen LogP contribution in [-0.4, -0.2) is 33.2 Å². The Hall–Kier alpha value is -4.24. The van der Waals surface area contributed by atoms with E-state index in [1.807, 2.05) is 0 Å². The van der Waals surface area contributed by atoms with Crippen LogP contribution in [0, 0.1) is 0 Å². The first-order valence-corrected chi connectivity index (χ1v) is 10.7. The lowest BCUT2D eigenvalue weighted by molar-refractivity contribution is -0.116. The predicted molar refractivity (Wildman–Crippen MR) is 125 cm³/mol. The van der Waals surface area contributed by atoms with Crippen molar-refractivity contribution in [2.75, 3.05) is 11.9 Å². The monoisotopic (exact) mass is 478 g/mol. The molecule has 0 spiro atoms. The SMILES string of the molecule is CCOC(=O)c1ccccc1NC(=O)Cn1cccc(-c2nc(-c3ccc(Cl)cc3)no2)c1=O. The molecule has 0 radical (unpaired) electrons. The second-order valence-electron chi connectivity index (χ2n) is 7.10. The molecule has 0 fully saturated rings. The van der Waals surface area contributed by atoms with Gasteiger partial charge in [-0.15, -0.1) is 0 Å². The molecular formula is C24H19ClN4O5. The van der Waals surface area contributed by atoms with Gasteiger partial charge in [0.15, 0.2) is 0 Å². The summed E-state index contributed by atoms with van der Waals surface area (Å²) in [6.45, 7) is 1.61. The highest BCUT2D eigenvalue weighted by molar-refractivity contribution is 6.30. The average molecular weight is 479 g/mol. The van der Waals surface area contributed by atoms with E-state index in [0.717, 1.165) is 0 Å². The van der Waals surface area contributed by atoms with Crippen LogP contribution >= 0.6 is 11.6 Å². The van der Waals surface area contributed by atoms with E-state index in [1.54, 1.807) is 61.5 Å². The summed E-state index contributed by atoms with van der Waals surface area (Å²) in [4.78, 5) is 42.0. The summed E-state index contributed by atoms with van der Waals surface area (Å²) in [7, 11) is 0. The van der Waals surface area contributed by atoms with E-state index in [1.165, 1.54) is 16.8 Å². The van der Waals surface area contributed by atoms with E-state index in [2.05, 4.69) is 15.5 Å². The minimum absolute atomic E-state index is 0.0253. The largest absolute Gasteiger partial charge is 0.462 e. The van der Waals surface area contributed by atoms with Gasteiger partial charge in [-0.05, 0) is 55.5 Å². The number of carbonyl (C=O) groups excluding carboxylic acids is 2. The number of hydrogen-bond donors (Lipinski definition) is 1. The summed E-state index contributed by atoms with van der Waals surface area (Å²) in [5, 5.41) is 7.15. The fraction of sp³-hybridized carbons (Fsp3) is 0.125. The van der Waals surface area contributed by atoms with E-state index >= 15 is 0 Å². The molecule has 0 atom stereocenters. The van der Waals surface area contributed by atoms with Crippen molar-refractivity contribution in [3.8, 4) is 22.8 Å². The van der Waals surface area contributed by atoms with Crippen LogP contribution in [0.3, 0.4) is 0 Å². The number of ether oxygens (including phenoxy) is 1. The van der Waals surface area contributed by atoms with Crippen molar-refractivity contribution in [3.63, 3.8) is 0 Å². The molecule has 2 aromatic carbocycles. The molecule has 2 aromatic heterocycles. The van der Waals surface area contributed by atoms with Crippen LogP contribution in [0.4, 0.5) is 5.69 Å². The van der Waals surface area contributed by atoms with Crippen LogP contribution in [0.2, 0.25) is 5.02 Å². The summed E-state index contributed by atoms with van der Waals surface area (Å²) in [6.07, 6.45) is 1.47. The van der Waals surface area contributed by atoms with Gasteiger partial charge in [-0.1, -0.05) is 28.9 Å². The van der Waals surface area contributed by atoms with Gasteiger partial charge in [0, 0.05) is 16.8 Å². The minimum atomic E-state index is -0.551. The van der Waals surface area contributed by atoms with Gasteiger partial charge in [-0.3, -0.25) is 9.59 Å². The van der Waals surface area contributed by atoms with Crippen LogP contribution in [0.5, 0.6) is 0 Å². The van der Waals surface area contributed by atoms with Gasteiger partial charge in [-0.25, -0.2) is 4.79 Å². The molecule has 172 valence electrons. The van der Waals surface area contributed by atoms with Crippen molar-refractivity contribution in [1.82, 2.24) is 14.7 Å². The lowest BCUT2D eigenvalue weighted by Gasteiger charge is -2.11. The van der Waals surface area contributed by atoms with Gasteiger partial charge in [0.1, 0.15) is 12.1 Å². The Morgan fingerprint density at radius 3 is 2.62 bits per heavy atom. The third kappa shape index (κ3) is 5.05. The average Bonchev–Trinajstić information content (AvgIpc) is 3.31. The number of amides is 1. The molecule has 9 nitrogen and oxygen atoms in total. The Kier molecular flexibility index (Phi) is 6.84. The fourth-order valence-corrected chi connectivity index (χ4v) is 3.32. The molecule has 10 heteroatoms. The molecule has 4 rings (SSSR count). The maximum Gasteiger partial charge on any atom is 0.340 e. The molecule has 0 aliphatic carbocycles. The van der Waals surface area contributed by atoms with Gasteiger partial charge in [-0.2, -0.15) is 4.98 Å². The second kappa shape index (κ2) is 10.1. The second-order valence-corrected chi connectivity index (χ2v) is 7.54. The molecule has 0 aliphatic heterocycles. The van der Waals surface area contributed by atoms with Crippen LogP contribution in [0.1, 0.15) is 17.3 Å². The van der Waals surface area contributed by atoms with Crippen LogP contribution in [-0.2, 0) is 16.1 Å².